The summed E-state index contributed by atoms with van der Waals surface area (Å²) in [7, 11) is 0. The zero-order valence-electron chi connectivity index (χ0n) is 6.64. The lowest BCUT2D eigenvalue weighted by Crippen LogP contribution is -1.79. The van der Waals surface area contributed by atoms with Crippen LogP contribution < -0.4 is 0 Å². The molecule has 0 unspecified atom stereocenters. The molecule has 1 aromatic carbocycles. The molecule has 0 aliphatic heterocycles. The minimum atomic E-state index is -2.53. The fourth-order valence-electron chi connectivity index (χ4n) is 0.606. The van der Waals surface area contributed by atoms with Crippen LogP contribution in [0.25, 0.3) is 0 Å². The SMILES string of the molecule is FC(F)=C(F)OSc1ccc(F)cc1. The maximum atomic E-state index is 12.4. The molecule has 0 aromatic heterocycles. The van der Waals surface area contributed by atoms with Gasteiger partial charge in [-0.05, 0) is 24.3 Å². The molecule has 1 aromatic rings. The standard InChI is InChI=1S/C8H4F4OS/c9-5-1-3-6(4-2-5)14-13-8(12)7(10)11/h1-4H. The fraction of sp³-hybridized carbons (Fsp3) is 0. The Morgan fingerprint density at radius 1 is 1.07 bits per heavy atom. The number of halogens is 4. The second-order valence-electron chi connectivity index (χ2n) is 2.15. The first-order valence-corrected chi connectivity index (χ1v) is 4.14. The summed E-state index contributed by atoms with van der Waals surface area (Å²) in [4.78, 5) is 0.322. The van der Waals surface area contributed by atoms with Crippen LogP contribution in [0.4, 0.5) is 17.6 Å². The van der Waals surface area contributed by atoms with Crippen molar-refractivity contribution in [1.29, 1.82) is 0 Å². The zero-order chi connectivity index (χ0) is 10.6. The van der Waals surface area contributed by atoms with Gasteiger partial charge < -0.3 is 4.18 Å². The quantitative estimate of drug-likeness (QED) is 0.437. The van der Waals surface area contributed by atoms with Gasteiger partial charge in [0.2, 0.25) is 0 Å². The molecular weight excluding hydrogens is 220 g/mol. The summed E-state index contributed by atoms with van der Waals surface area (Å²) in [6.07, 6.45) is -2.53. The third-order valence-electron chi connectivity index (χ3n) is 1.17. The van der Waals surface area contributed by atoms with Gasteiger partial charge in [0, 0.05) is 4.90 Å². The highest BCUT2D eigenvalue weighted by molar-refractivity contribution is 7.94. The van der Waals surface area contributed by atoms with Crippen LogP contribution in [0, 0.1) is 5.82 Å². The average molecular weight is 224 g/mol. The highest BCUT2D eigenvalue weighted by atomic mass is 32.2. The Kier molecular flexibility index (Phi) is 3.82. The van der Waals surface area contributed by atoms with Crippen LogP contribution in [0.5, 0.6) is 0 Å². The second-order valence-corrected chi connectivity index (χ2v) is 2.96. The Labute approximate surface area is 81.6 Å². The van der Waals surface area contributed by atoms with Gasteiger partial charge in [0.1, 0.15) is 5.82 Å². The summed E-state index contributed by atoms with van der Waals surface area (Å²) >= 11 is 0.386. The molecule has 0 fully saturated rings. The Morgan fingerprint density at radius 2 is 1.64 bits per heavy atom. The molecule has 0 aliphatic carbocycles. The second kappa shape index (κ2) is 4.90. The van der Waals surface area contributed by atoms with Crippen LogP contribution in [0.3, 0.4) is 0 Å². The van der Waals surface area contributed by atoms with Gasteiger partial charge in [-0.25, -0.2) is 4.39 Å². The lowest BCUT2D eigenvalue weighted by atomic mass is 10.4. The minimum Gasteiger partial charge on any atom is -0.387 e. The maximum absolute atomic E-state index is 12.4. The monoisotopic (exact) mass is 224 g/mol. The van der Waals surface area contributed by atoms with Crippen LogP contribution in [-0.4, -0.2) is 0 Å². The molecule has 6 heteroatoms. The van der Waals surface area contributed by atoms with Crippen molar-refractivity contribution in [2.75, 3.05) is 0 Å². The maximum Gasteiger partial charge on any atom is 0.351 e. The topological polar surface area (TPSA) is 9.23 Å². The summed E-state index contributed by atoms with van der Waals surface area (Å²) in [6, 6.07) is 2.84. The molecule has 0 atom stereocenters. The van der Waals surface area contributed by atoms with Crippen LogP contribution in [-0.2, 0) is 4.18 Å². The van der Waals surface area contributed by atoms with Gasteiger partial charge in [-0.15, -0.1) is 0 Å². The number of rotatable bonds is 3. The largest absolute Gasteiger partial charge is 0.387 e. The molecule has 76 valence electrons. The van der Waals surface area contributed by atoms with E-state index in [1.54, 1.807) is 0 Å². The first-order valence-electron chi connectivity index (χ1n) is 3.40. The van der Waals surface area contributed by atoms with Gasteiger partial charge in [0.15, 0.2) is 0 Å². The molecule has 0 saturated carbocycles. The normalized spacial score (nSPS) is 9.71. The van der Waals surface area contributed by atoms with Gasteiger partial charge in [-0.3, -0.25) is 0 Å². The average Bonchev–Trinajstić information content (AvgIpc) is 2.16. The van der Waals surface area contributed by atoms with Crippen molar-refractivity contribution in [3.8, 4) is 0 Å². The van der Waals surface area contributed by atoms with Crippen molar-refractivity contribution in [2.45, 2.75) is 4.90 Å². The molecular formula is C8H4F4OS. The van der Waals surface area contributed by atoms with Crippen LogP contribution in [0.15, 0.2) is 41.3 Å². The Hall–Kier alpha value is -1.17. The van der Waals surface area contributed by atoms with Crippen LogP contribution in [0.2, 0.25) is 0 Å². The van der Waals surface area contributed by atoms with Crippen LogP contribution >= 0.6 is 12.0 Å². The number of hydrogen-bond acceptors (Lipinski definition) is 2. The van der Waals surface area contributed by atoms with Gasteiger partial charge in [0.25, 0.3) is 0 Å². The van der Waals surface area contributed by atoms with Gasteiger partial charge in [-0.2, -0.15) is 13.2 Å². The van der Waals surface area contributed by atoms with Crippen LogP contribution in [0.1, 0.15) is 0 Å². The number of benzene rings is 1. The Morgan fingerprint density at radius 3 is 2.14 bits per heavy atom. The minimum absolute atomic E-state index is 0.322. The molecule has 0 bridgehead atoms. The third-order valence-corrected chi connectivity index (χ3v) is 1.87. The highest BCUT2D eigenvalue weighted by Crippen LogP contribution is 2.25. The molecule has 0 heterocycles. The summed E-state index contributed by atoms with van der Waals surface area (Å²) in [6.45, 7) is 0. The molecule has 1 rings (SSSR count). The van der Waals surface area contributed by atoms with Crippen molar-refractivity contribution >= 4 is 12.0 Å². The molecule has 1 nitrogen and oxygen atoms in total. The van der Waals surface area contributed by atoms with Gasteiger partial charge >= 0.3 is 12.1 Å². The predicted molar refractivity (Wildman–Crippen MR) is 43.7 cm³/mol. The lowest BCUT2D eigenvalue weighted by molar-refractivity contribution is 0.266. The summed E-state index contributed by atoms with van der Waals surface area (Å²) in [5.41, 5.74) is 0. The van der Waals surface area contributed by atoms with Crippen molar-refractivity contribution in [1.82, 2.24) is 0 Å². The van der Waals surface area contributed by atoms with E-state index >= 15 is 0 Å². The Bertz CT molecular complexity index is 332. The van der Waals surface area contributed by atoms with Crippen molar-refractivity contribution < 1.29 is 21.7 Å². The lowest BCUT2D eigenvalue weighted by Gasteiger charge is -1.99. The molecule has 0 spiro atoms. The number of hydrogen-bond donors (Lipinski definition) is 0. The molecule has 0 radical (unpaired) electrons. The smallest absolute Gasteiger partial charge is 0.351 e. The summed E-state index contributed by atoms with van der Waals surface area (Å²) in [5, 5.41) is 0. The zero-order valence-corrected chi connectivity index (χ0v) is 7.45. The molecule has 0 N–H and O–H groups in total. The Balaban J connectivity index is 2.54. The van der Waals surface area contributed by atoms with E-state index in [0.717, 1.165) is 12.1 Å². The predicted octanol–water partition coefficient (Wildman–Crippen LogP) is 3.88. The van der Waals surface area contributed by atoms with Crippen molar-refractivity contribution in [2.24, 2.45) is 0 Å². The summed E-state index contributed by atoms with van der Waals surface area (Å²) in [5.74, 6) is -0.470. The van der Waals surface area contributed by atoms with Crippen molar-refractivity contribution in [3.63, 3.8) is 0 Å². The van der Waals surface area contributed by atoms with Crippen molar-refractivity contribution in [3.05, 3.63) is 42.2 Å². The van der Waals surface area contributed by atoms with Gasteiger partial charge in [-0.1, -0.05) is 0 Å². The van der Waals surface area contributed by atoms with E-state index in [9.17, 15) is 17.6 Å². The van der Waals surface area contributed by atoms with E-state index in [1.807, 2.05) is 0 Å². The molecule has 0 amide bonds. The first-order chi connectivity index (χ1) is 6.59. The van der Waals surface area contributed by atoms with E-state index in [2.05, 4.69) is 4.18 Å². The molecule has 0 aliphatic rings. The highest BCUT2D eigenvalue weighted by Gasteiger charge is 2.07. The summed E-state index contributed by atoms with van der Waals surface area (Å²) < 4.78 is 51.5. The van der Waals surface area contributed by atoms with E-state index in [0.29, 0.717) is 16.9 Å². The van der Waals surface area contributed by atoms with E-state index in [-0.39, 0.29) is 0 Å². The fourth-order valence-corrected chi connectivity index (χ4v) is 1.09. The van der Waals surface area contributed by atoms with Gasteiger partial charge in [0.05, 0.1) is 12.0 Å². The molecule has 14 heavy (non-hydrogen) atoms. The van der Waals surface area contributed by atoms with E-state index < -0.39 is 17.9 Å². The van der Waals surface area contributed by atoms with E-state index in [1.165, 1.54) is 12.1 Å². The van der Waals surface area contributed by atoms with E-state index in [4.69, 9.17) is 0 Å². The first kappa shape index (κ1) is 10.9. The molecule has 0 saturated heterocycles. The third kappa shape index (κ3) is 3.29.